The maximum atomic E-state index is 13.6. The summed E-state index contributed by atoms with van der Waals surface area (Å²) < 4.78 is 32.1. The van der Waals surface area contributed by atoms with Gasteiger partial charge in [-0.25, -0.2) is 8.78 Å². The van der Waals surface area contributed by atoms with E-state index in [4.69, 9.17) is 15.7 Å². The van der Waals surface area contributed by atoms with Crippen molar-refractivity contribution in [3.63, 3.8) is 0 Å². The Morgan fingerprint density at radius 3 is 2.53 bits per heavy atom. The van der Waals surface area contributed by atoms with Gasteiger partial charge in [-0.1, -0.05) is 6.07 Å². The molecule has 96 valence electrons. The highest BCUT2D eigenvalue weighted by Crippen LogP contribution is 2.30. The van der Waals surface area contributed by atoms with Crippen LogP contribution < -0.4 is 10.5 Å². The molecule has 19 heavy (non-hydrogen) atoms. The molecule has 3 nitrogen and oxygen atoms in total. The monoisotopic (exact) mass is 260 g/mol. The maximum absolute atomic E-state index is 13.6. The number of ether oxygens (including phenoxy) is 1. The van der Waals surface area contributed by atoms with Gasteiger partial charge in [0.25, 0.3) is 0 Å². The van der Waals surface area contributed by atoms with Gasteiger partial charge in [0.1, 0.15) is 17.6 Å². The molecule has 5 heteroatoms. The summed E-state index contributed by atoms with van der Waals surface area (Å²) in [5.74, 6) is -1.71. The highest BCUT2D eigenvalue weighted by atomic mass is 19.1. The van der Waals surface area contributed by atoms with Crippen molar-refractivity contribution in [2.24, 2.45) is 0 Å². The first-order valence-corrected chi connectivity index (χ1v) is 5.44. The molecule has 0 bridgehead atoms. The summed E-state index contributed by atoms with van der Waals surface area (Å²) in [5, 5.41) is 8.97. The lowest BCUT2D eigenvalue weighted by Crippen LogP contribution is -1.96. The van der Waals surface area contributed by atoms with Crippen LogP contribution in [0.1, 0.15) is 11.1 Å². The van der Waals surface area contributed by atoms with Gasteiger partial charge in [-0.05, 0) is 24.6 Å². The maximum Gasteiger partial charge on any atom is 0.167 e. The standard InChI is InChI=1S/C14H10F2N2O/c1-8-2-3-13(9(4-8)7-17)19-14-6-10(15)12(18)5-11(14)16/h2-6H,18H2,1H3. The molecule has 0 radical (unpaired) electrons. The van der Waals surface area contributed by atoms with Crippen molar-refractivity contribution in [1.82, 2.24) is 0 Å². The summed E-state index contributed by atoms with van der Waals surface area (Å²) in [4.78, 5) is 0. The Hall–Kier alpha value is -2.61. The second-order valence-electron chi connectivity index (χ2n) is 4.02. The SMILES string of the molecule is Cc1ccc(Oc2cc(F)c(N)cc2F)c(C#N)c1. The van der Waals surface area contributed by atoms with Crippen molar-refractivity contribution in [1.29, 1.82) is 5.26 Å². The van der Waals surface area contributed by atoms with E-state index in [1.54, 1.807) is 12.1 Å². The number of nitrogens with zero attached hydrogens (tertiary/aromatic N) is 1. The van der Waals surface area contributed by atoms with E-state index in [0.29, 0.717) is 0 Å². The van der Waals surface area contributed by atoms with E-state index in [1.807, 2.05) is 13.0 Å². The zero-order valence-electron chi connectivity index (χ0n) is 10.1. The number of hydrogen-bond acceptors (Lipinski definition) is 3. The topological polar surface area (TPSA) is 59.0 Å². The predicted octanol–water partition coefficient (Wildman–Crippen LogP) is 3.52. The van der Waals surface area contributed by atoms with E-state index >= 15 is 0 Å². The van der Waals surface area contributed by atoms with Crippen LogP contribution in [-0.2, 0) is 0 Å². The van der Waals surface area contributed by atoms with Gasteiger partial charge in [0.2, 0.25) is 0 Å². The third-order valence-electron chi connectivity index (χ3n) is 2.53. The number of halogens is 2. The van der Waals surface area contributed by atoms with Gasteiger partial charge in [-0.2, -0.15) is 5.26 Å². The lowest BCUT2D eigenvalue weighted by atomic mass is 10.1. The van der Waals surface area contributed by atoms with Gasteiger partial charge in [-0.15, -0.1) is 0 Å². The number of nitrogen functional groups attached to an aromatic ring is 1. The number of hydrogen-bond donors (Lipinski definition) is 1. The van der Waals surface area contributed by atoms with Crippen molar-refractivity contribution in [2.45, 2.75) is 6.92 Å². The molecule has 0 aliphatic rings. The summed E-state index contributed by atoms with van der Waals surface area (Å²) in [6.07, 6.45) is 0. The van der Waals surface area contributed by atoms with Gasteiger partial charge in [0, 0.05) is 12.1 Å². The zero-order chi connectivity index (χ0) is 14.0. The normalized spacial score (nSPS) is 10.0. The molecule has 0 unspecified atom stereocenters. The Morgan fingerprint density at radius 1 is 1.11 bits per heavy atom. The molecular formula is C14H10F2N2O. The van der Waals surface area contributed by atoms with Gasteiger partial charge in [0.15, 0.2) is 11.6 Å². The highest BCUT2D eigenvalue weighted by Gasteiger charge is 2.12. The van der Waals surface area contributed by atoms with Crippen molar-refractivity contribution in [2.75, 3.05) is 5.73 Å². The highest BCUT2D eigenvalue weighted by molar-refractivity contribution is 5.49. The van der Waals surface area contributed by atoms with E-state index in [-0.39, 0.29) is 22.7 Å². The summed E-state index contributed by atoms with van der Waals surface area (Å²) in [6, 6.07) is 8.46. The fraction of sp³-hybridized carbons (Fsp3) is 0.0714. The number of aryl methyl sites for hydroxylation is 1. The average molecular weight is 260 g/mol. The molecule has 0 amide bonds. The van der Waals surface area contributed by atoms with Crippen LogP contribution in [-0.4, -0.2) is 0 Å². The molecule has 0 aromatic heterocycles. The lowest BCUT2D eigenvalue weighted by Gasteiger charge is -2.09. The third kappa shape index (κ3) is 2.63. The quantitative estimate of drug-likeness (QED) is 0.840. The molecule has 0 saturated carbocycles. The van der Waals surface area contributed by atoms with Gasteiger partial charge in [-0.3, -0.25) is 0 Å². The Bertz CT molecular complexity index is 678. The summed E-state index contributed by atoms with van der Waals surface area (Å²) in [7, 11) is 0. The summed E-state index contributed by atoms with van der Waals surface area (Å²) in [5.41, 5.74) is 6.05. The first-order chi connectivity index (χ1) is 9.01. The Labute approximate surface area is 108 Å². The van der Waals surface area contributed by atoms with Gasteiger partial charge >= 0.3 is 0 Å². The fourth-order valence-corrected chi connectivity index (χ4v) is 1.56. The second-order valence-corrected chi connectivity index (χ2v) is 4.02. The van der Waals surface area contributed by atoms with E-state index in [1.165, 1.54) is 6.07 Å². The van der Waals surface area contributed by atoms with E-state index < -0.39 is 11.6 Å². The minimum atomic E-state index is -0.789. The van der Waals surface area contributed by atoms with Crippen molar-refractivity contribution >= 4 is 5.69 Å². The fourth-order valence-electron chi connectivity index (χ4n) is 1.56. The van der Waals surface area contributed by atoms with E-state index in [0.717, 1.165) is 17.7 Å². The summed E-state index contributed by atoms with van der Waals surface area (Å²) >= 11 is 0. The van der Waals surface area contributed by atoms with Crippen LogP contribution in [0.4, 0.5) is 14.5 Å². The molecule has 2 aromatic carbocycles. The smallest absolute Gasteiger partial charge is 0.167 e. The first-order valence-electron chi connectivity index (χ1n) is 5.44. The van der Waals surface area contributed by atoms with Crippen LogP contribution in [0, 0.1) is 29.9 Å². The minimum absolute atomic E-state index is 0.163. The number of benzene rings is 2. The average Bonchev–Trinajstić information content (AvgIpc) is 2.37. The van der Waals surface area contributed by atoms with E-state index in [2.05, 4.69) is 0 Å². The van der Waals surface area contributed by atoms with E-state index in [9.17, 15) is 8.78 Å². The van der Waals surface area contributed by atoms with Crippen LogP contribution >= 0.6 is 0 Å². The molecule has 0 spiro atoms. The Balaban J connectivity index is 2.42. The molecule has 0 heterocycles. The van der Waals surface area contributed by atoms with Crippen LogP contribution in [0.3, 0.4) is 0 Å². The first kappa shape index (κ1) is 12.8. The van der Waals surface area contributed by atoms with Crippen LogP contribution in [0.2, 0.25) is 0 Å². The Morgan fingerprint density at radius 2 is 1.84 bits per heavy atom. The molecular weight excluding hydrogens is 250 g/mol. The Kier molecular flexibility index (Phi) is 3.34. The largest absolute Gasteiger partial charge is 0.453 e. The molecule has 0 saturated heterocycles. The van der Waals surface area contributed by atoms with Gasteiger partial charge < -0.3 is 10.5 Å². The number of nitriles is 1. The predicted molar refractivity (Wildman–Crippen MR) is 66.7 cm³/mol. The minimum Gasteiger partial charge on any atom is -0.453 e. The molecule has 2 aromatic rings. The molecule has 2 rings (SSSR count). The molecule has 0 aliphatic heterocycles. The van der Waals surface area contributed by atoms with Crippen molar-refractivity contribution in [3.05, 3.63) is 53.1 Å². The molecule has 2 N–H and O–H groups in total. The number of anilines is 1. The zero-order valence-corrected chi connectivity index (χ0v) is 10.1. The van der Waals surface area contributed by atoms with Crippen LogP contribution in [0.15, 0.2) is 30.3 Å². The van der Waals surface area contributed by atoms with Crippen molar-refractivity contribution < 1.29 is 13.5 Å². The van der Waals surface area contributed by atoms with Crippen molar-refractivity contribution in [3.8, 4) is 17.6 Å². The summed E-state index contributed by atoms with van der Waals surface area (Å²) in [6.45, 7) is 1.81. The third-order valence-corrected chi connectivity index (χ3v) is 2.53. The molecule has 0 aliphatic carbocycles. The van der Waals surface area contributed by atoms with Crippen LogP contribution in [0.25, 0.3) is 0 Å². The second kappa shape index (κ2) is 4.94. The molecule has 0 atom stereocenters. The van der Waals surface area contributed by atoms with Crippen LogP contribution in [0.5, 0.6) is 11.5 Å². The number of nitrogens with two attached hydrogens (primary N) is 1. The number of rotatable bonds is 2. The molecule has 0 fully saturated rings. The van der Waals surface area contributed by atoms with Gasteiger partial charge in [0.05, 0.1) is 11.3 Å². The lowest BCUT2D eigenvalue weighted by molar-refractivity contribution is 0.436.